The Morgan fingerprint density at radius 1 is 1.25 bits per heavy atom. The van der Waals surface area contributed by atoms with Crippen molar-refractivity contribution in [1.82, 2.24) is 4.90 Å². The van der Waals surface area contributed by atoms with Crippen molar-refractivity contribution >= 4 is 17.8 Å². The molecule has 7 heteroatoms. The van der Waals surface area contributed by atoms with E-state index in [1.807, 2.05) is 18.2 Å². The van der Waals surface area contributed by atoms with Crippen LogP contribution < -0.4 is 5.73 Å². The quantitative estimate of drug-likeness (QED) is 0.744. The van der Waals surface area contributed by atoms with Crippen LogP contribution in [0.1, 0.15) is 31.2 Å². The third-order valence-corrected chi connectivity index (χ3v) is 3.79. The average Bonchev–Trinajstić information content (AvgIpc) is 3.03. The van der Waals surface area contributed by atoms with Gasteiger partial charge in [0, 0.05) is 13.0 Å². The Balaban J connectivity index is 0.000000341. The number of hydrogen-bond donors (Lipinski definition) is 3. The lowest BCUT2D eigenvalue weighted by Gasteiger charge is -2.21. The smallest absolute Gasteiger partial charge is 0.326 e. The molecule has 1 saturated heterocycles. The van der Waals surface area contributed by atoms with Crippen molar-refractivity contribution < 1.29 is 24.6 Å². The number of rotatable bonds is 5. The van der Waals surface area contributed by atoms with Crippen molar-refractivity contribution in [2.45, 2.75) is 44.7 Å². The van der Waals surface area contributed by atoms with E-state index in [4.69, 9.17) is 15.9 Å². The van der Waals surface area contributed by atoms with Crippen LogP contribution in [-0.4, -0.2) is 51.6 Å². The molecule has 1 amide bonds. The second kappa shape index (κ2) is 9.67. The highest BCUT2D eigenvalue weighted by atomic mass is 16.4. The van der Waals surface area contributed by atoms with Crippen LogP contribution in [0.2, 0.25) is 0 Å². The van der Waals surface area contributed by atoms with Crippen LogP contribution in [0.15, 0.2) is 30.3 Å². The Labute approximate surface area is 141 Å². The van der Waals surface area contributed by atoms with Gasteiger partial charge in [-0.2, -0.15) is 0 Å². The number of nitrogens with two attached hydrogens (primary N) is 1. The van der Waals surface area contributed by atoms with Crippen molar-refractivity contribution in [3.63, 3.8) is 0 Å². The molecule has 0 saturated carbocycles. The first-order valence-corrected chi connectivity index (χ1v) is 7.85. The van der Waals surface area contributed by atoms with Gasteiger partial charge in [0.05, 0.1) is 0 Å². The largest absolute Gasteiger partial charge is 0.480 e. The fourth-order valence-corrected chi connectivity index (χ4v) is 2.40. The molecule has 0 spiro atoms. The summed E-state index contributed by atoms with van der Waals surface area (Å²) in [7, 11) is 0. The highest BCUT2D eigenvalue weighted by molar-refractivity contribution is 5.84. The molecule has 2 rings (SSSR count). The zero-order valence-electron chi connectivity index (χ0n) is 13.7. The third-order valence-electron chi connectivity index (χ3n) is 3.79. The topological polar surface area (TPSA) is 121 Å². The Kier molecular flexibility index (Phi) is 7.91. The minimum Gasteiger partial charge on any atom is -0.480 e. The molecular formula is C17H24N2O5. The van der Waals surface area contributed by atoms with E-state index in [1.54, 1.807) is 0 Å². The van der Waals surface area contributed by atoms with Crippen molar-refractivity contribution in [2.24, 2.45) is 5.73 Å². The summed E-state index contributed by atoms with van der Waals surface area (Å²) in [6.45, 7) is 2.50. The van der Waals surface area contributed by atoms with Gasteiger partial charge < -0.3 is 20.8 Å². The number of aliphatic carboxylic acids is 2. The molecule has 1 aromatic carbocycles. The van der Waals surface area contributed by atoms with Gasteiger partial charge in [-0.3, -0.25) is 9.59 Å². The molecule has 0 bridgehead atoms. The van der Waals surface area contributed by atoms with Gasteiger partial charge in [0.25, 0.3) is 0 Å². The molecule has 0 radical (unpaired) electrons. The Bertz CT molecular complexity index is 561. The summed E-state index contributed by atoms with van der Waals surface area (Å²) >= 11 is 0. The Hall–Kier alpha value is -2.41. The van der Waals surface area contributed by atoms with Crippen molar-refractivity contribution in [1.29, 1.82) is 0 Å². The van der Waals surface area contributed by atoms with Crippen LogP contribution in [0, 0.1) is 6.92 Å². The lowest BCUT2D eigenvalue weighted by Crippen LogP contribution is -2.41. The second-order valence-electron chi connectivity index (χ2n) is 5.72. The lowest BCUT2D eigenvalue weighted by atomic mass is 10.1. The number of likely N-dealkylation sites (tertiary alicyclic amines) is 1. The number of carboxylic acid groups (broad SMARTS) is 2. The van der Waals surface area contributed by atoms with E-state index in [-0.39, 0.29) is 18.7 Å². The summed E-state index contributed by atoms with van der Waals surface area (Å²) in [5.41, 5.74) is 6.59. The fourth-order valence-electron chi connectivity index (χ4n) is 2.40. The molecule has 1 fully saturated rings. The Morgan fingerprint density at radius 3 is 2.33 bits per heavy atom. The zero-order chi connectivity index (χ0) is 18.1. The normalized spacial score (nSPS) is 17.6. The van der Waals surface area contributed by atoms with Crippen molar-refractivity contribution in [3.8, 4) is 0 Å². The number of carbonyl (C=O) groups is 3. The molecule has 4 N–H and O–H groups in total. The number of amides is 1. The number of carboxylic acids is 2. The molecule has 132 valence electrons. The monoisotopic (exact) mass is 336 g/mol. The summed E-state index contributed by atoms with van der Waals surface area (Å²) in [5, 5.41) is 17.4. The standard InChI is InChI=1S/C10H16N2O5.C7H8/c11-6(9(14)15)3-4-8(13)12-5-1-2-7(12)10(16)17;1-7-5-3-2-4-6-7/h6-7H,1-5,11H2,(H,14,15)(H,16,17);2-6H,1H3. The molecule has 1 heterocycles. The highest BCUT2D eigenvalue weighted by Crippen LogP contribution is 2.19. The first-order valence-electron chi connectivity index (χ1n) is 7.85. The average molecular weight is 336 g/mol. The number of nitrogens with zero attached hydrogens (tertiary/aromatic N) is 1. The number of hydrogen-bond acceptors (Lipinski definition) is 4. The van der Waals surface area contributed by atoms with Crippen LogP contribution in [0.4, 0.5) is 0 Å². The maximum atomic E-state index is 11.7. The van der Waals surface area contributed by atoms with Crippen LogP contribution in [-0.2, 0) is 14.4 Å². The molecule has 7 nitrogen and oxygen atoms in total. The molecule has 1 aliphatic heterocycles. The summed E-state index contributed by atoms with van der Waals surface area (Å²) in [6.07, 6.45) is 1.11. The molecule has 2 atom stereocenters. The first-order chi connectivity index (χ1) is 11.3. The predicted octanol–water partition coefficient (Wildman–Crippen LogP) is 1.25. The molecule has 0 aliphatic carbocycles. The SMILES string of the molecule is Cc1ccccc1.NC(CCC(=O)N1CCCC1C(=O)O)C(=O)O. The molecule has 1 aromatic rings. The summed E-state index contributed by atoms with van der Waals surface area (Å²) in [6, 6.07) is 8.41. The van der Waals surface area contributed by atoms with E-state index in [0.717, 1.165) is 0 Å². The fraction of sp³-hybridized carbons (Fsp3) is 0.471. The van der Waals surface area contributed by atoms with Crippen LogP contribution in [0.5, 0.6) is 0 Å². The molecule has 0 aromatic heterocycles. The Morgan fingerprint density at radius 2 is 1.88 bits per heavy atom. The van der Waals surface area contributed by atoms with Crippen LogP contribution >= 0.6 is 0 Å². The maximum absolute atomic E-state index is 11.7. The maximum Gasteiger partial charge on any atom is 0.326 e. The van der Waals surface area contributed by atoms with E-state index >= 15 is 0 Å². The van der Waals surface area contributed by atoms with E-state index in [0.29, 0.717) is 19.4 Å². The number of aryl methyl sites for hydroxylation is 1. The van der Waals surface area contributed by atoms with E-state index < -0.39 is 24.0 Å². The lowest BCUT2D eigenvalue weighted by molar-refractivity contribution is -0.148. The second-order valence-corrected chi connectivity index (χ2v) is 5.72. The van der Waals surface area contributed by atoms with Gasteiger partial charge in [-0.15, -0.1) is 0 Å². The molecule has 2 unspecified atom stereocenters. The van der Waals surface area contributed by atoms with Gasteiger partial charge in [-0.1, -0.05) is 35.9 Å². The van der Waals surface area contributed by atoms with Gasteiger partial charge in [0.2, 0.25) is 5.91 Å². The van der Waals surface area contributed by atoms with Crippen molar-refractivity contribution in [2.75, 3.05) is 6.54 Å². The summed E-state index contributed by atoms with van der Waals surface area (Å²) < 4.78 is 0. The van der Waals surface area contributed by atoms with E-state index in [2.05, 4.69) is 19.1 Å². The predicted molar refractivity (Wildman–Crippen MR) is 88.4 cm³/mol. The van der Waals surface area contributed by atoms with Crippen LogP contribution in [0.3, 0.4) is 0 Å². The van der Waals surface area contributed by atoms with Gasteiger partial charge >= 0.3 is 11.9 Å². The van der Waals surface area contributed by atoms with Gasteiger partial charge in [0.1, 0.15) is 12.1 Å². The zero-order valence-corrected chi connectivity index (χ0v) is 13.7. The highest BCUT2D eigenvalue weighted by Gasteiger charge is 2.33. The minimum atomic E-state index is -1.16. The minimum absolute atomic E-state index is 0.0248. The van der Waals surface area contributed by atoms with Gasteiger partial charge in [-0.05, 0) is 26.2 Å². The summed E-state index contributed by atoms with van der Waals surface area (Å²) in [5.74, 6) is -2.51. The van der Waals surface area contributed by atoms with Gasteiger partial charge in [-0.25, -0.2) is 4.79 Å². The molecule has 24 heavy (non-hydrogen) atoms. The number of benzene rings is 1. The molecular weight excluding hydrogens is 312 g/mol. The van der Waals surface area contributed by atoms with E-state index in [1.165, 1.54) is 10.5 Å². The number of carbonyl (C=O) groups excluding carboxylic acids is 1. The van der Waals surface area contributed by atoms with E-state index in [9.17, 15) is 14.4 Å². The third kappa shape index (κ3) is 6.37. The van der Waals surface area contributed by atoms with Gasteiger partial charge in [0.15, 0.2) is 0 Å². The first kappa shape index (κ1) is 19.6. The van der Waals surface area contributed by atoms with Crippen molar-refractivity contribution in [3.05, 3.63) is 35.9 Å². The van der Waals surface area contributed by atoms with Crippen LogP contribution in [0.25, 0.3) is 0 Å². The molecule has 1 aliphatic rings. The summed E-state index contributed by atoms with van der Waals surface area (Å²) in [4.78, 5) is 34.3.